The molecular weight excluding hydrogens is 362 g/mol. The fraction of sp³-hybridized carbons (Fsp3) is 0.250. The van der Waals surface area contributed by atoms with Gasteiger partial charge in [-0.15, -0.1) is 0 Å². The average Bonchev–Trinajstić information content (AvgIpc) is 3.18. The van der Waals surface area contributed by atoms with Crippen LogP contribution in [0.2, 0.25) is 0 Å². The van der Waals surface area contributed by atoms with E-state index in [1.54, 1.807) is 42.5 Å². The van der Waals surface area contributed by atoms with E-state index in [1.807, 2.05) is 6.92 Å². The molecule has 3 rings (SSSR count). The Balaban J connectivity index is 1.49. The highest BCUT2D eigenvalue weighted by Crippen LogP contribution is 2.32. The van der Waals surface area contributed by atoms with Gasteiger partial charge in [0.25, 0.3) is 11.8 Å². The van der Waals surface area contributed by atoms with Crippen molar-refractivity contribution in [2.75, 3.05) is 25.2 Å². The van der Waals surface area contributed by atoms with Crippen LogP contribution in [0.5, 0.6) is 11.5 Å². The van der Waals surface area contributed by atoms with Gasteiger partial charge >= 0.3 is 0 Å². The van der Waals surface area contributed by atoms with E-state index in [2.05, 4.69) is 16.0 Å². The van der Waals surface area contributed by atoms with Crippen LogP contribution in [0, 0.1) is 0 Å². The van der Waals surface area contributed by atoms with Crippen molar-refractivity contribution in [3.8, 4) is 11.5 Å². The number of fused-ring (bicyclic) bond motifs is 1. The molecule has 0 fully saturated rings. The predicted octanol–water partition coefficient (Wildman–Crippen LogP) is 1.92. The normalized spacial score (nSPS) is 11.6. The van der Waals surface area contributed by atoms with E-state index in [0.29, 0.717) is 34.9 Å². The smallest absolute Gasteiger partial charge is 0.251 e. The van der Waals surface area contributed by atoms with Crippen LogP contribution < -0.4 is 25.4 Å². The Morgan fingerprint density at radius 1 is 0.893 bits per heavy atom. The van der Waals surface area contributed by atoms with Crippen LogP contribution in [0.15, 0.2) is 42.5 Å². The van der Waals surface area contributed by atoms with Gasteiger partial charge in [0.2, 0.25) is 12.7 Å². The van der Waals surface area contributed by atoms with Crippen molar-refractivity contribution >= 4 is 23.4 Å². The Kier molecular flexibility index (Phi) is 6.11. The maximum Gasteiger partial charge on any atom is 0.251 e. The lowest BCUT2D eigenvalue weighted by atomic mass is 10.2. The van der Waals surface area contributed by atoms with E-state index < -0.39 is 5.91 Å². The molecule has 1 aliphatic rings. The summed E-state index contributed by atoms with van der Waals surface area (Å²) in [7, 11) is 0. The third kappa shape index (κ3) is 4.79. The number of carbonyl (C=O) groups excluding carboxylic acids is 3. The minimum Gasteiger partial charge on any atom is -0.454 e. The van der Waals surface area contributed by atoms with Crippen LogP contribution in [-0.2, 0) is 4.79 Å². The molecule has 2 aromatic carbocycles. The van der Waals surface area contributed by atoms with Gasteiger partial charge in [0, 0.05) is 23.4 Å². The Bertz CT molecular complexity index is 880. The minimum absolute atomic E-state index is 0.127. The molecule has 0 saturated heterocycles. The summed E-state index contributed by atoms with van der Waals surface area (Å²) in [4.78, 5) is 36.1. The fourth-order valence-corrected chi connectivity index (χ4v) is 2.55. The maximum atomic E-state index is 12.2. The van der Waals surface area contributed by atoms with Crippen molar-refractivity contribution in [1.29, 1.82) is 0 Å². The van der Waals surface area contributed by atoms with E-state index in [0.717, 1.165) is 6.42 Å². The highest BCUT2D eigenvalue weighted by Gasteiger charge is 2.16. The summed E-state index contributed by atoms with van der Waals surface area (Å²) in [5, 5.41) is 8.00. The fourth-order valence-electron chi connectivity index (χ4n) is 2.55. The topological polar surface area (TPSA) is 106 Å². The maximum absolute atomic E-state index is 12.2. The van der Waals surface area contributed by atoms with Gasteiger partial charge in [-0.2, -0.15) is 0 Å². The molecular formula is C20H21N3O5. The third-order valence-corrected chi connectivity index (χ3v) is 4.01. The van der Waals surface area contributed by atoms with Gasteiger partial charge < -0.3 is 25.4 Å². The quantitative estimate of drug-likeness (QED) is 0.677. The molecule has 2 aromatic rings. The first-order chi connectivity index (χ1) is 13.6. The Hall–Kier alpha value is -3.55. The molecule has 8 heteroatoms. The van der Waals surface area contributed by atoms with Crippen molar-refractivity contribution in [1.82, 2.24) is 10.6 Å². The first-order valence-corrected chi connectivity index (χ1v) is 8.93. The monoisotopic (exact) mass is 383 g/mol. The molecule has 0 radical (unpaired) electrons. The number of nitrogens with one attached hydrogen (secondary N) is 3. The van der Waals surface area contributed by atoms with Gasteiger partial charge in [0.15, 0.2) is 11.5 Å². The van der Waals surface area contributed by atoms with Crippen molar-refractivity contribution in [3.63, 3.8) is 0 Å². The number of amides is 3. The molecule has 0 bridgehead atoms. The number of ether oxygens (including phenoxy) is 2. The van der Waals surface area contributed by atoms with Crippen LogP contribution in [0.4, 0.5) is 5.69 Å². The summed E-state index contributed by atoms with van der Waals surface area (Å²) in [5.41, 5.74) is 1.43. The van der Waals surface area contributed by atoms with Gasteiger partial charge in [0.1, 0.15) is 0 Å². The van der Waals surface area contributed by atoms with Crippen LogP contribution in [0.25, 0.3) is 0 Å². The minimum atomic E-state index is -0.392. The lowest BCUT2D eigenvalue weighted by molar-refractivity contribution is -0.115. The predicted molar refractivity (Wildman–Crippen MR) is 103 cm³/mol. The highest BCUT2D eigenvalue weighted by atomic mass is 16.7. The zero-order valence-corrected chi connectivity index (χ0v) is 15.4. The number of hydrogen-bond donors (Lipinski definition) is 3. The Labute approximate surface area is 162 Å². The highest BCUT2D eigenvalue weighted by molar-refractivity contribution is 6.00. The average molecular weight is 383 g/mol. The molecule has 28 heavy (non-hydrogen) atoms. The third-order valence-electron chi connectivity index (χ3n) is 4.01. The number of anilines is 1. The zero-order valence-electron chi connectivity index (χ0n) is 15.4. The van der Waals surface area contributed by atoms with Crippen LogP contribution in [-0.4, -0.2) is 37.6 Å². The summed E-state index contributed by atoms with van der Waals surface area (Å²) in [5.74, 6) is 0.158. The van der Waals surface area contributed by atoms with Gasteiger partial charge in [-0.25, -0.2) is 0 Å². The van der Waals surface area contributed by atoms with Gasteiger partial charge in [-0.05, 0) is 48.9 Å². The van der Waals surface area contributed by atoms with Gasteiger partial charge in [-0.3, -0.25) is 14.4 Å². The number of carbonyl (C=O) groups is 3. The van der Waals surface area contributed by atoms with E-state index >= 15 is 0 Å². The summed E-state index contributed by atoms with van der Waals surface area (Å²) < 4.78 is 10.4. The molecule has 0 unspecified atom stereocenters. The summed E-state index contributed by atoms with van der Waals surface area (Å²) in [6, 6.07) is 11.4. The molecule has 3 amide bonds. The number of hydrogen-bond acceptors (Lipinski definition) is 5. The molecule has 0 aromatic heterocycles. The van der Waals surface area contributed by atoms with Crippen LogP contribution in [0.1, 0.15) is 34.1 Å². The molecule has 3 N–H and O–H groups in total. The van der Waals surface area contributed by atoms with Gasteiger partial charge in [0.05, 0.1) is 6.54 Å². The second-order valence-corrected chi connectivity index (χ2v) is 6.13. The molecule has 146 valence electrons. The van der Waals surface area contributed by atoms with Crippen molar-refractivity contribution in [2.24, 2.45) is 0 Å². The SMILES string of the molecule is CCCNC(=O)c1ccc(NC(=O)CNC(=O)c2ccc3c(c2)OCO3)cc1. The Morgan fingerprint density at radius 3 is 2.32 bits per heavy atom. The second kappa shape index (κ2) is 8.90. The van der Waals surface area contributed by atoms with Crippen LogP contribution in [0.3, 0.4) is 0 Å². The Morgan fingerprint density at radius 2 is 1.57 bits per heavy atom. The van der Waals surface area contributed by atoms with E-state index in [-0.39, 0.29) is 25.2 Å². The van der Waals surface area contributed by atoms with Gasteiger partial charge in [-0.1, -0.05) is 6.92 Å². The lowest BCUT2D eigenvalue weighted by Gasteiger charge is -2.08. The van der Waals surface area contributed by atoms with Crippen molar-refractivity contribution in [3.05, 3.63) is 53.6 Å². The van der Waals surface area contributed by atoms with Crippen molar-refractivity contribution < 1.29 is 23.9 Å². The lowest BCUT2D eigenvalue weighted by Crippen LogP contribution is -2.32. The summed E-state index contributed by atoms with van der Waals surface area (Å²) >= 11 is 0. The van der Waals surface area contributed by atoms with E-state index in [1.165, 1.54) is 0 Å². The molecule has 0 saturated carbocycles. The molecule has 0 spiro atoms. The van der Waals surface area contributed by atoms with E-state index in [4.69, 9.17) is 9.47 Å². The number of rotatable bonds is 7. The zero-order chi connectivity index (χ0) is 19.9. The first kappa shape index (κ1) is 19.2. The summed E-state index contributed by atoms with van der Waals surface area (Å²) in [6.07, 6.45) is 0.859. The standard InChI is InChI=1S/C20H21N3O5/c1-2-9-21-19(25)13-3-6-15(7-4-13)23-18(24)11-22-20(26)14-5-8-16-17(10-14)28-12-27-16/h3-8,10H,2,9,11-12H2,1H3,(H,21,25)(H,22,26)(H,23,24). The van der Waals surface area contributed by atoms with Crippen LogP contribution >= 0.6 is 0 Å². The molecule has 8 nitrogen and oxygen atoms in total. The largest absolute Gasteiger partial charge is 0.454 e. The van der Waals surface area contributed by atoms with E-state index in [9.17, 15) is 14.4 Å². The molecule has 0 aliphatic carbocycles. The van der Waals surface area contributed by atoms with Crippen molar-refractivity contribution in [2.45, 2.75) is 13.3 Å². The first-order valence-electron chi connectivity index (χ1n) is 8.93. The molecule has 0 atom stereocenters. The summed E-state index contributed by atoms with van der Waals surface area (Å²) in [6.45, 7) is 2.53. The number of benzene rings is 2. The second-order valence-electron chi connectivity index (χ2n) is 6.13. The molecule has 1 heterocycles. The molecule has 1 aliphatic heterocycles.